The average Bonchev–Trinajstić information content (AvgIpc) is 2.67. The van der Waals surface area contributed by atoms with Crippen molar-refractivity contribution >= 4 is 23.2 Å². The normalized spacial score (nSPS) is 10.3. The van der Waals surface area contributed by atoms with Gasteiger partial charge in [-0.1, -0.05) is 29.8 Å². The molecule has 1 heterocycles. The van der Waals surface area contributed by atoms with Gasteiger partial charge in [0, 0.05) is 18.1 Å². The van der Waals surface area contributed by atoms with E-state index in [-0.39, 0.29) is 5.91 Å². The topological polar surface area (TPSA) is 42.4 Å². The number of methoxy groups -OCH3 is 1. The lowest BCUT2D eigenvalue weighted by molar-refractivity contribution is 0.0985. The highest BCUT2D eigenvalue weighted by atomic mass is 35.5. The largest absolute Gasteiger partial charge is 0.497 e. The summed E-state index contributed by atoms with van der Waals surface area (Å²) in [5.74, 6) is 0.565. The molecule has 1 aromatic heterocycles. The van der Waals surface area contributed by atoms with E-state index in [1.807, 2.05) is 36.4 Å². The summed E-state index contributed by atoms with van der Waals surface area (Å²) < 4.78 is 5.20. The molecule has 1 amide bonds. The molecular formula is C20H17ClN2O2. The van der Waals surface area contributed by atoms with Crippen molar-refractivity contribution in [2.75, 3.05) is 12.0 Å². The lowest BCUT2D eigenvalue weighted by Gasteiger charge is -2.23. The number of hydrogen-bond acceptors (Lipinski definition) is 3. The maximum absolute atomic E-state index is 13.1. The van der Waals surface area contributed by atoms with E-state index in [2.05, 4.69) is 4.98 Å². The second kappa shape index (κ2) is 7.81. The first-order chi connectivity index (χ1) is 12.2. The monoisotopic (exact) mass is 352 g/mol. The van der Waals surface area contributed by atoms with Crippen LogP contribution in [0.4, 0.5) is 5.69 Å². The Hall–Kier alpha value is -2.85. The van der Waals surface area contributed by atoms with Gasteiger partial charge < -0.3 is 9.64 Å². The smallest absolute Gasteiger partial charge is 0.260 e. The van der Waals surface area contributed by atoms with Crippen LogP contribution >= 0.6 is 11.6 Å². The third kappa shape index (κ3) is 3.98. The third-order valence-corrected chi connectivity index (χ3v) is 4.13. The molecule has 0 radical (unpaired) electrons. The number of hydrogen-bond donors (Lipinski definition) is 0. The molecule has 0 saturated carbocycles. The number of rotatable bonds is 5. The van der Waals surface area contributed by atoms with E-state index in [4.69, 9.17) is 16.3 Å². The van der Waals surface area contributed by atoms with Crippen LogP contribution in [-0.2, 0) is 6.54 Å². The van der Waals surface area contributed by atoms with Crippen LogP contribution in [0.15, 0.2) is 73.1 Å². The van der Waals surface area contributed by atoms with Gasteiger partial charge in [-0.15, -0.1) is 0 Å². The minimum atomic E-state index is -0.167. The van der Waals surface area contributed by atoms with Gasteiger partial charge in [-0.25, -0.2) is 0 Å². The summed E-state index contributed by atoms with van der Waals surface area (Å²) in [6.45, 7) is 0.393. The Kier molecular flexibility index (Phi) is 5.31. The SMILES string of the molecule is COc1ccc(N(Cc2cccnc2)C(=O)c2ccccc2Cl)cc1. The maximum atomic E-state index is 13.1. The predicted octanol–water partition coefficient (Wildman–Crippen LogP) is 4.59. The number of benzene rings is 2. The number of carbonyl (C=O) groups excluding carboxylic acids is 1. The minimum absolute atomic E-state index is 0.167. The molecule has 0 fully saturated rings. The fourth-order valence-corrected chi connectivity index (χ4v) is 2.71. The van der Waals surface area contributed by atoms with Gasteiger partial charge in [0.1, 0.15) is 5.75 Å². The van der Waals surface area contributed by atoms with Crippen molar-refractivity contribution < 1.29 is 9.53 Å². The highest BCUT2D eigenvalue weighted by Crippen LogP contribution is 2.25. The van der Waals surface area contributed by atoms with Gasteiger partial charge in [0.25, 0.3) is 5.91 Å². The number of nitrogens with zero attached hydrogens (tertiary/aromatic N) is 2. The van der Waals surface area contributed by atoms with E-state index in [9.17, 15) is 4.79 Å². The molecule has 0 aliphatic carbocycles. The molecule has 2 aromatic carbocycles. The van der Waals surface area contributed by atoms with Crippen LogP contribution in [0, 0.1) is 0 Å². The van der Waals surface area contributed by atoms with Crippen molar-refractivity contribution in [3.8, 4) is 5.75 Å². The van der Waals surface area contributed by atoms with Crippen molar-refractivity contribution in [2.24, 2.45) is 0 Å². The van der Waals surface area contributed by atoms with E-state index in [1.165, 1.54) is 0 Å². The molecule has 0 unspecified atom stereocenters. The number of amides is 1. The van der Waals surface area contributed by atoms with Gasteiger partial charge in [0.05, 0.1) is 24.2 Å². The first-order valence-corrected chi connectivity index (χ1v) is 8.16. The van der Waals surface area contributed by atoms with Crippen molar-refractivity contribution in [3.63, 3.8) is 0 Å². The van der Waals surface area contributed by atoms with Gasteiger partial charge >= 0.3 is 0 Å². The molecule has 0 N–H and O–H groups in total. The first-order valence-electron chi connectivity index (χ1n) is 7.78. The Morgan fingerprint density at radius 2 is 1.84 bits per heavy atom. The lowest BCUT2D eigenvalue weighted by atomic mass is 10.1. The van der Waals surface area contributed by atoms with E-state index in [0.29, 0.717) is 17.1 Å². The molecule has 3 rings (SSSR count). The van der Waals surface area contributed by atoms with E-state index < -0.39 is 0 Å². The van der Waals surface area contributed by atoms with Gasteiger partial charge in [0.15, 0.2) is 0 Å². The summed E-state index contributed by atoms with van der Waals surface area (Å²) in [4.78, 5) is 18.9. The molecule has 0 bridgehead atoms. The molecular weight excluding hydrogens is 336 g/mol. The predicted molar refractivity (Wildman–Crippen MR) is 99.2 cm³/mol. The Bertz CT molecular complexity index is 851. The van der Waals surface area contributed by atoms with E-state index in [1.54, 1.807) is 48.7 Å². The highest BCUT2D eigenvalue weighted by molar-refractivity contribution is 6.34. The van der Waals surface area contributed by atoms with Crippen molar-refractivity contribution in [1.82, 2.24) is 4.98 Å². The van der Waals surface area contributed by atoms with Crippen LogP contribution in [0.5, 0.6) is 5.75 Å². The Balaban J connectivity index is 1.98. The fraction of sp³-hybridized carbons (Fsp3) is 0.100. The molecule has 25 heavy (non-hydrogen) atoms. The number of pyridine rings is 1. The number of ether oxygens (including phenoxy) is 1. The number of anilines is 1. The molecule has 5 heteroatoms. The van der Waals surface area contributed by atoms with Crippen molar-refractivity contribution in [1.29, 1.82) is 0 Å². The number of halogens is 1. The Morgan fingerprint density at radius 3 is 2.48 bits per heavy atom. The minimum Gasteiger partial charge on any atom is -0.497 e. The molecule has 0 atom stereocenters. The molecule has 0 spiro atoms. The second-order valence-corrected chi connectivity index (χ2v) is 5.84. The average molecular weight is 353 g/mol. The lowest BCUT2D eigenvalue weighted by Crippen LogP contribution is -2.30. The van der Waals surface area contributed by atoms with Crippen LogP contribution in [0.2, 0.25) is 5.02 Å². The van der Waals surface area contributed by atoms with Gasteiger partial charge in [-0.3, -0.25) is 9.78 Å². The van der Waals surface area contributed by atoms with Gasteiger partial charge in [0.2, 0.25) is 0 Å². The third-order valence-electron chi connectivity index (χ3n) is 3.80. The van der Waals surface area contributed by atoms with Crippen molar-refractivity contribution in [2.45, 2.75) is 6.54 Å². The summed E-state index contributed by atoms with van der Waals surface area (Å²) in [5, 5.41) is 0.428. The quantitative estimate of drug-likeness (QED) is 0.674. The highest BCUT2D eigenvalue weighted by Gasteiger charge is 2.20. The zero-order chi connectivity index (χ0) is 17.6. The summed E-state index contributed by atoms with van der Waals surface area (Å²) in [6.07, 6.45) is 3.45. The zero-order valence-electron chi connectivity index (χ0n) is 13.7. The van der Waals surface area contributed by atoms with Gasteiger partial charge in [-0.05, 0) is 48.0 Å². The maximum Gasteiger partial charge on any atom is 0.260 e. The molecule has 3 aromatic rings. The van der Waals surface area contributed by atoms with Gasteiger partial charge in [-0.2, -0.15) is 0 Å². The Morgan fingerprint density at radius 1 is 1.08 bits per heavy atom. The Labute approximate surface area is 151 Å². The van der Waals surface area contributed by atoms with Crippen LogP contribution in [0.25, 0.3) is 0 Å². The molecule has 4 nitrogen and oxygen atoms in total. The molecule has 0 aliphatic heterocycles. The summed E-state index contributed by atoms with van der Waals surface area (Å²) in [7, 11) is 1.61. The number of aromatic nitrogens is 1. The summed E-state index contributed by atoms with van der Waals surface area (Å²) >= 11 is 6.22. The first kappa shape index (κ1) is 17.0. The fourth-order valence-electron chi connectivity index (χ4n) is 2.50. The number of carbonyl (C=O) groups is 1. The van der Waals surface area contributed by atoms with Crippen LogP contribution < -0.4 is 9.64 Å². The van der Waals surface area contributed by atoms with E-state index >= 15 is 0 Å². The van der Waals surface area contributed by atoms with Crippen LogP contribution in [-0.4, -0.2) is 18.0 Å². The second-order valence-electron chi connectivity index (χ2n) is 5.43. The molecule has 0 aliphatic rings. The van der Waals surface area contributed by atoms with Crippen LogP contribution in [0.1, 0.15) is 15.9 Å². The summed E-state index contributed by atoms with van der Waals surface area (Å²) in [5.41, 5.74) is 2.15. The summed E-state index contributed by atoms with van der Waals surface area (Å²) in [6, 6.07) is 18.2. The van der Waals surface area contributed by atoms with Crippen molar-refractivity contribution in [3.05, 3.63) is 89.2 Å². The molecule has 0 saturated heterocycles. The molecule has 126 valence electrons. The zero-order valence-corrected chi connectivity index (χ0v) is 14.5. The van der Waals surface area contributed by atoms with Crippen LogP contribution in [0.3, 0.4) is 0 Å². The standard InChI is InChI=1S/C20H17ClN2O2/c1-25-17-10-8-16(9-11-17)23(14-15-5-4-12-22-13-15)20(24)18-6-2-3-7-19(18)21/h2-13H,14H2,1H3. The van der Waals surface area contributed by atoms with E-state index in [0.717, 1.165) is 17.0 Å².